The summed E-state index contributed by atoms with van der Waals surface area (Å²) in [6.07, 6.45) is -2.92. The number of fused-ring (bicyclic) bond motifs is 1. The number of hydrogen-bond acceptors (Lipinski definition) is 3. The second-order valence-electron chi connectivity index (χ2n) is 8.97. The molecule has 0 saturated carbocycles. The maximum Gasteiger partial charge on any atom is 0.416 e. The highest BCUT2D eigenvalue weighted by molar-refractivity contribution is 5.92. The number of likely N-dealkylation sites (tertiary alicyclic amines) is 1. The minimum Gasteiger partial charge on any atom is -0.326 e. The van der Waals surface area contributed by atoms with E-state index < -0.39 is 11.7 Å². The van der Waals surface area contributed by atoms with Crippen molar-refractivity contribution >= 4 is 22.6 Å². The quantitative estimate of drug-likeness (QED) is 0.343. The molecule has 1 saturated heterocycles. The summed E-state index contributed by atoms with van der Waals surface area (Å²) in [5, 5.41) is 2.75. The van der Waals surface area contributed by atoms with Gasteiger partial charge in [0.05, 0.1) is 29.1 Å². The number of halogens is 4. The van der Waals surface area contributed by atoms with Gasteiger partial charge in [0.15, 0.2) is 0 Å². The summed E-state index contributed by atoms with van der Waals surface area (Å²) >= 11 is 0. The summed E-state index contributed by atoms with van der Waals surface area (Å²) in [5.74, 6) is -0.0505. The molecule has 0 radical (unpaired) electrons. The number of nitrogens with zero attached hydrogens (tertiary/aromatic N) is 3. The Bertz CT molecular complexity index is 1360. The third-order valence-electron chi connectivity index (χ3n) is 6.44. The van der Waals surface area contributed by atoms with Crippen LogP contribution in [0.1, 0.15) is 24.2 Å². The maximum absolute atomic E-state index is 13.5. The second-order valence-corrected chi connectivity index (χ2v) is 8.97. The lowest BCUT2D eigenvalue weighted by molar-refractivity contribution is -0.137. The highest BCUT2D eigenvalue weighted by atomic mass is 19.4. The van der Waals surface area contributed by atoms with Crippen molar-refractivity contribution in [3.63, 3.8) is 0 Å². The first kappa shape index (κ1) is 24.0. The van der Waals surface area contributed by atoms with E-state index >= 15 is 0 Å². The van der Waals surface area contributed by atoms with Gasteiger partial charge >= 0.3 is 6.18 Å². The molecule has 3 aromatic carbocycles. The first-order valence-corrected chi connectivity index (χ1v) is 11.7. The molecule has 1 aromatic heterocycles. The standard InChI is InChI=1S/C27H24F4N4O/c28-20-9-13-22(14-10-20)35-24-6-2-1-5-23(24)33-25(35)17-34-15-3-4-18(16-34)26(36)32-21-11-7-19(8-12-21)27(29,30)31/h1-2,5-14,18H,3-4,15-17H2,(H,32,36)/t18-/m0/s1. The maximum atomic E-state index is 13.5. The lowest BCUT2D eigenvalue weighted by Crippen LogP contribution is -2.40. The minimum atomic E-state index is -4.42. The Hall–Kier alpha value is -3.72. The van der Waals surface area contributed by atoms with Crippen molar-refractivity contribution in [2.75, 3.05) is 18.4 Å². The molecule has 5 rings (SSSR count). The van der Waals surface area contributed by atoms with Crippen LogP contribution < -0.4 is 5.32 Å². The number of imidazole rings is 1. The van der Waals surface area contributed by atoms with Crippen LogP contribution in [0.25, 0.3) is 16.7 Å². The van der Waals surface area contributed by atoms with E-state index in [1.165, 1.54) is 24.3 Å². The van der Waals surface area contributed by atoms with E-state index in [9.17, 15) is 22.4 Å². The van der Waals surface area contributed by atoms with Crippen molar-refractivity contribution in [1.82, 2.24) is 14.5 Å². The number of aromatic nitrogens is 2. The number of rotatable bonds is 5. The van der Waals surface area contributed by atoms with Gasteiger partial charge in [0.25, 0.3) is 0 Å². The molecule has 0 spiro atoms. The Kier molecular flexibility index (Phi) is 6.49. The molecule has 0 aliphatic carbocycles. The smallest absolute Gasteiger partial charge is 0.326 e. The predicted octanol–water partition coefficient (Wildman–Crippen LogP) is 6.03. The van der Waals surface area contributed by atoms with Crippen molar-refractivity contribution in [2.45, 2.75) is 25.6 Å². The van der Waals surface area contributed by atoms with Gasteiger partial charge in [-0.25, -0.2) is 9.37 Å². The molecule has 1 atom stereocenters. The van der Waals surface area contributed by atoms with Crippen LogP contribution in [0.4, 0.5) is 23.2 Å². The Labute approximate surface area is 205 Å². The fourth-order valence-corrected chi connectivity index (χ4v) is 4.66. The van der Waals surface area contributed by atoms with E-state index in [1.807, 2.05) is 28.8 Å². The Morgan fingerprint density at radius 2 is 1.72 bits per heavy atom. The first-order chi connectivity index (χ1) is 17.3. The minimum absolute atomic E-state index is 0.216. The van der Waals surface area contributed by atoms with Crippen LogP contribution in [0, 0.1) is 11.7 Å². The summed E-state index contributed by atoms with van der Waals surface area (Å²) in [6, 6.07) is 18.4. The number of amides is 1. The molecule has 1 N–H and O–H groups in total. The van der Waals surface area contributed by atoms with E-state index in [1.54, 1.807) is 12.1 Å². The van der Waals surface area contributed by atoms with Crippen molar-refractivity contribution in [3.8, 4) is 5.69 Å². The van der Waals surface area contributed by atoms with Gasteiger partial charge < -0.3 is 5.32 Å². The second kappa shape index (κ2) is 9.73. The number of para-hydroxylation sites is 2. The van der Waals surface area contributed by atoms with Gasteiger partial charge in [-0.2, -0.15) is 13.2 Å². The molecule has 1 fully saturated rings. The molecule has 1 amide bonds. The number of anilines is 1. The fourth-order valence-electron chi connectivity index (χ4n) is 4.66. The molecular weight excluding hydrogens is 472 g/mol. The molecule has 36 heavy (non-hydrogen) atoms. The van der Waals surface area contributed by atoms with Gasteiger partial charge in [-0.05, 0) is 80.1 Å². The van der Waals surface area contributed by atoms with Crippen LogP contribution in [0.3, 0.4) is 0 Å². The molecule has 0 unspecified atom stereocenters. The highest BCUT2D eigenvalue weighted by Crippen LogP contribution is 2.30. The van der Waals surface area contributed by atoms with Gasteiger partial charge in [0, 0.05) is 17.9 Å². The average molecular weight is 497 g/mol. The third-order valence-corrected chi connectivity index (χ3v) is 6.44. The van der Waals surface area contributed by atoms with Crippen molar-refractivity contribution in [3.05, 3.63) is 90.0 Å². The summed E-state index contributed by atoms with van der Waals surface area (Å²) in [4.78, 5) is 19.9. The molecule has 4 aromatic rings. The molecule has 5 nitrogen and oxygen atoms in total. The van der Waals surface area contributed by atoms with E-state index in [2.05, 4.69) is 10.2 Å². The molecule has 1 aliphatic rings. The average Bonchev–Trinajstić information content (AvgIpc) is 3.22. The van der Waals surface area contributed by atoms with Crippen molar-refractivity contribution in [2.24, 2.45) is 5.92 Å². The summed E-state index contributed by atoms with van der Waals surface area (Å²) in [5.41, 5.74) is 2.11. The largest absolute Gasteiger partial charge is 0.416 e. The predicted molar refractivity (Wildman–Crippen MR) is 129 cm³/mol. The zero-order valence-electron chi connectivity index (χ0n) is 19.3. The van der Waals surface area contributed by atoms with Crippen molar-refractivity contribution < 1.29 is 22.4 Å². The van der Waals surface area contributed by atoms with Crippen LogP contribution >= 0.6 is 0 Å². The van der Waals surface area contributed by atoms with Gasteiger partial charge in [-0.15, -0.1) is 0 Å². The number of piperidine rings is 1. The van der Waals surface area contributed by atoms with Gasteiger partial charge in [-0.3, -0.25) is 14.3 Å². The zero-order valence-corrected chi connectivity index (χ0v) is 19.3. The summed E-state index contributed by atoms with van der Waals surface area (Å²) in [7, 11) is 0. The summed E-state index contributed by atoms with van der Waals surface area (Å²) in [6.45, 7) is 1.78. The van der Waals surface area contributed by atoms with Gasteiger partial charge in [0.1, 0.15) is 11.6 Å². The Balaban J connectivity index is 1.32. The molecule has 0 bridgehead atoms. The number of carbonyl (C=O) groups excluding carboxylic acids is 1. The highest BCUT2D eigenvalue weighted by Gasteiger charge is 2.31. The fraction of sp³-hybridized carbons (Fsp3) is 0.259. The normalized spacial score (nSPS) is 16.8. The van der Waals surface area contributed by atoms with Crippen molar-refractivity contribution in [1.29, 1.82) is 0 Å². The van der Waals surface area contributed by atoms with E-state index in [0.717, 1.165) is 47.6 Å². The molecule has 9 heteroatoms. The van der Waals surface area contributed by atoms with Gasteiger partial charge in [-0.1, -0.05) is 12.1 Å². The molecule has 2 heterocycles. The lowest BCUT2D eigenvalue weighted by Gasteiger charge is -2.31. The van der Waals surface area contributed by atoms with Crippen LogP contribution in [-0.4, -0.2) is 33.4 Å². The van der Waals surface area contributed by atoms with E-state index in [4.69, 9.17) is 4.98 Å². The van der Waals surface area contributed by atoms with Crippen LogP contribution in [0.15, 0.2) is 72.8 Å². The molecular formula is C27H24F4N4O. The number of alkyl halides is 3. The van der Waals surface area contributed by atoms with Crippen LogP contribution in [0.2, 0.25) is 0 Å². The third kappa shape index (κ3) is 5.11. The topological polar surface area (TPSA) is 50.2 Å². The number of hydrogen-bond donors (Lipinski definition) is 1. The number of nitrogens with one attached hydrogen (secondary N) is 1. The number of benzene rings is 3. The zero-order chi connectivity index (χ0) is 25.3. The summed E-state index contributed by atoms with van der Waals surface area (Å²) < 4.78 is 53.9. The molecule has 1 aliphatic heterocycles. The first-order valence-electron chi connectivity index (χ1n) is 11.7. The SMILES string of the molecule is O=C(Nc1ccc(C(F)(F)F)cc1)[C@H]1CCCN(Cc2nc3ccccc3n2-c2ccc(F)cc2)C1. The van der Waals surface area contributed by atoms with E-state index in [-0.39, 0.29) is 17.6 Å². The Morgan fingerprint density at radius 1 is 1.00 bits per heavy atom. The van der Waals surface area contributed by atoms with Gasteiger partial charge in [0.2, 0.25) is 5.91 Å². The Morgan fingerprint density at radius 3 is 2.44 bits per heavy atom. The number of carbonyl (C=O) groups is 1. The van der Waals surface area contributed by atoms with Crippen LogP contribution in [0.5, 0.6) is 0 Å². The monoisotopic (exact) mass is 496 g/mol. The van der Waals surface area contributed by atoms with E-state index in [0.29, 0.717) is 25.2 Å². The molecule has 186 valence electrons. The lowest BCUT2D eigenvalue weighted by atomic mass is 9.97. The van der Waals surface area contributed by atoms with Crippen LogP contribution in [-0.2, 0) is 17.5 Å².